The van der Waals surface area contributed by atoms with Gasteiger partial charge in [-0.05, 0) is 241 Å². The Balaban J connectivity index is 0.000000124. The molecule has 0 heterocycles. The van der Waals surface area contributed by atoms with Crippen molar-refractivity contribution in [3.05, 3.63) is 140 Å². The van der Waals surface area contributed by atoms with Crippen molar-refractivity contribution in [3.8, 4) is 24.3 Å². The number of nitriles is 4. The zero-order valence-corrected chi connectivity index (χ0v) is 45.4. The summed E-state index contributed by atoms with van der Waals surface area (Å²) >= 11 is 0. The SMILES string of the molecule is C[C@@]12CCC[C@H](C=O)[C@H]1CCc1ccc(C#N)cc12.C[C@@]12CCC[C@H](C=O)[C@H]1CCc1ccc(C#N)cc12.C[C@@]12CCC[C@H](C=O)[C@H]1CCc1ccc(C#N)cc12.C[C@@]12CCC[C@H](C=O)[C@H]1CCc1ccc(C#N)cc12. The van der Waals surface area contributed by atoms with Crippen LogP contribution in [0.25, 0.3) is 0 Å². The molecule has 0 bridgehead atoms. The molecule has 4 aromatic carbocycles. The lowest BCUT2D eigenvalue weighted by Crippen LogP contribution is -2.44. The monoisotopic (exact) mass is 1010 g/mol. The zero-order chi connectivity index (χ0) is 53.8. The van der Waals surface area contributed by atoms with E-state index in [1.807, 2.05) is 24.3 Å². The van der Waals surface area contributed by atoms with Crippen molar-refractivity contribution in [1.82, 2.24) is 0 Å². The Kier molecular flexibility index (Phi) is 16.2. The summed E-state index contributed by atoms with van der Waals surface area (Å²) in [5.41, 5.74) is 14.2. The molecule has 12 atom stereocenters. The van der Waals surface area contributed by atoms with Crippen LogP contribution in [-0.4, -0.2) is 25.1 Å². The summed E-state index contributed by atoms with van der Waals surface area (Å²) in [4.78, 5) is 45.4. The molecule has 8 nitrogen and oxygen atoms in total. The van der Waals surface area contributed by atoms with E-state index < -0.39 is 0 Å². The number of aldehydes is 4. The lowest BCUT2D eigenvalue weighted by atomic mass is 9.55. The van der Waals surface area contributed by atoms with Gasteiger partial charge < -0.3 is 19.2 Å². The summed E-state index contributed by atoms with van der Waals surface area (Å²) in [5, 5.41) is 36.4. The summed E-state index contributed by atoms with van der Waals surface area (Å²) in [6.45, 7) is 9.19. The number of nitrogens with zero attached hydrogens (tertiary/aromatic N) is 4. The summed E-state index contributed by atoms with van der Waals surface area (Å²) in [5.74, 6) is 2.66. The van der Waals surface area contributed by atoms with Gasteiger partial charge in [0.1, 0.15) is 25.1 Å². The summed E-state index contributed by atoms with van der Waals surface area (Å²) in [7, 11) is 0. The second-order valence-electron chi connectivity index (χ2n) is 25.0. The van der Waals surface area contributed by atoms with E-state index in [0.717, 1.165) is 151 Å². The third-order valence-corrected chi connectivity index (χ3v) is 21.3. The lowest BCUT2D eigenvalue weighted by Gasteiger charge is -2.49. The third kappa shape index (κ3) is 9.92. The van der Waals surface area contributed by atoms with E-state index in [1.54, 1.807) is 0 Å². The topological polar surface area (TPSA) is 163 Å². The normalized spacial score (nSPS) is 32.8. The Bertz CT molecular complexity index is 2630. The summed E-state index contributed by atoms with van der Waals surface area (Å²) in [6, 6.07) is 33.4. The van der Waals surface area contributed by atoms with Crippen LogP contribution in [0.15, 0.2) is 72.8 Å². The van der Waals surface area contributed by atoms with E-state index in [4.69, 9.17) is 21.0 Å². The first-order valence-electron chi connectivity index (χ1n) is 28.7. The van der Waals surface area contributed by atoms with E-state index in [1.165, 1.54) is 69.7 Å². The van der Waals surface area contributed by atoms with Crippen LogP contribution in [0.4, 0.5) is 0 Å². The smallest absolute Gasteiger partial charge is 0.123 e. The van der Waals surface area contributed by atoms with Gasteiger partial charge in [0.15, 0.2) is 0 Å². The second-order valence-corrected chi connectivity index (χ2v) is 25.0. The standard InChI is InChI=1S/4C17H19NO/c4*1-17-8-2-3-14(11-19)15(17)7-6-13-5-4-12(10-18)9-16(13)17/h4*4-5,9,11,14-15H,2-3,6-8H2,1H3/t4*14-,15-,17-/m1111/s1. The molecule has 0 unspecified atom stereocenters. The number of benzene rings is 4. The molecular weight excluding hydrogens is 937 g/mol. The van der Waals surface area contributed by atoms with Gasteiger partial charge in [-0.1, -0.05) is 77.6 Å². The molecule has 8 heteroatoms. The Morgan fingerprint density at radius 2 is 0.566 bits per heavy atom. The highest BCUT2D eigenvalue weighted by molar-refractivity contribution is 5.59. The maximum absolute atomic E-state index is 11.3. The molecule has 4 aromatic rings. The first-order valence-corrected chi connectivity index (χ1v) is 28.7. The molecule has 8 aliphatic carbocycles. The molecule has 0 N–H and O–H groups in total. The van der Waals surface area contributed by atoms with E-state index in [2.05, 4.69) is 101 Å². The Morgan fingerprint density at radius 3 is 0.750 bits per heavy atom. The number of rotatable bonds is 4. The van der Waals surface area contributed by atoms with Crippen LogP contribution < -0.4 is 0 Å². The van der Waals surface area contributed by atoms with Crippen LogP contribution in [0.2, 0.25) is 0 Å². The lowest BCUT2D eigenvalue weighted by molar-refractivity contribution is -0.115. The molecule has 0 spiro atoms. The van der Waals surface area contributed by atoms with Crippen molar-refractivity contribution in [1.29, 1.82) is 21.0 Å². The minimum atomic E-state index is 0.0876. The number of aryl methyl sites for hydroxylation is 4. The van der Waals surface area contributed by atoms with Crippen molar-refractivity contribution in [2.75, 3.05) is 0 Å². The number of carbonyl (C=O) groups excluding carboxylic acids is 4. The number of fused-ring (bicyclic) bond motifs is 12. The van der Waals surface area contributed by atoms with Crippen LogP contribution in [0.5, 0.6) is 0 Å². The molecule has 76 heavy (non-hydrogen) atoms. The minimum Gasteiger partial charge on any atom is -0.303 e. The average molecular weight is 1010 g/mol. The second kappa shape index (κ2) is 22.6. The van der Waals surface area contributed by atoms with Gasteiger partial charge in [-0.3, -0.25) is 0 Å². The summed E-state index contributed by atoms with van der Waals surface area (Å²) < 4.78 is 0. The molecule has 0 amide bonds. The van der Waals surface area contributed by atoms with Crippen LogP contribution in [0.1, 0.15) is 197 Å². The van der Waals surface area contributed by atoms with E-state index in [0.29, 0.717) is 23.7 Å². The fourth-order valence-corrected chi connectivity index (χ4v) is 17.2. The molecule has 0 radical (unpaired) electrons. The van der Waals surface area contributed by atoms with E-state index in [9.17, 15) is 19.2 Å². The van der Waals surface area contributed by atoms with Gasteiger partial charge in [0.25, 0.3) is 0 Å². The van der Waals surface area contributed by atoms with Crippen molar-refractivity contribution in [2.24, 2.45) is 47.3 Å². The average Bonchev–Trinajstić information content (AvgIpc) is 3.47. The molecule has 0 saturated heterocycles. The minimum absolute atomic E-state index is 0.0876. The maximum Gasteiger partial charge on any atom is 0.123 e. The van der Waals surface area contributed by atoms with Crippen molar-refractivity contribution in [2.45, 2.75) is 178 Å². The fraction of sp³-hybridized carbons (Fsp3) is 0.529. The predicted molar refractivity (Wildman–Crippen MR) is 295 cm³/mol. The highest BCUT2D eigenvalue weighted by atomic mass is 16.1. The van der Waals surface area contributed by atoms with Gasteiger partial charge in [0.2, 0.25) is 0 Å². The van der Waals surface area contributed by atoms with Crippen molar-refractivity contribution >= 4 is 25.1 Å². The number of hydrogen-bond donors (Lipinski definition) is 0. The van der Waals surface area contributed by atoms with Crippen LogP contribution in [-0.2, 0) is 66.5 Å². The molecule has 0 aromatic heterocycles. The van der Waals surface area contributed by atoms with Gasteiger partial charge in [-0.25, -0.2) is 0 Å². The quantitative estimate of drug-likeness (QED) is 0.182. The number of hydrogen-bond acceptors (Lipinski definition) is 8. The molecule has 392 valence electrons. The Labute approximate surface area is 452 Å². The van der Waals surface area contributed by atoms with Crippen LogP contribution in [0.3, 0.4) is 0 Å². The molecule has 4 saturated carbocycles. The zero-order valence-electron chi connectivity index (χ0n) is 45.4. The molecule has 8 aliphatic rings. The third-order valence-electron chi connectivity index (χ3n) is 21.3. The van der Waals surface area contributed by atoms with Gasteiger partial charge in [-0.2, -0.15) is 21.0 Å². The van der Waals surface area contributed by atoms with Crippen molar-refractivity contribution in [3.63, 3.8) is 0 Å². The van der Waals surface area contributed by atoms with Crippen LogP contribution >= 0.6 is 0 Å². The summed E-state index contributed by atoms with van der Waals surface area (Å²) in [6.07, 6.45) is 26.5. The fourth-order valence-electron chi connectivity index (χ4n) is 17.2. The predicted octanol–water partition coefficient (Wildman–Crippen LogP) is 13.5. The first kappa shape index (κ1) is 54.3. The van der Waals surface area contributed by atoms with E-state index >= 15 is 0 Å². The molecule has 0 aliphatic heterocycles. The molecular formula is C68H76N4O4. The number of carbonyl (C=O) groups is 4. The van der Waals surface area contributed by atoms with E-state index in [-0.39, 0.29) is 45.3 Å². The van der Waals surface area contributed by atoms with Gasteiger partial charge in [-0.15, -0.1) is 0 Å². The highest BCUT2D eigenvalue weighted by Gasteiger charge is 2.50. The molecule has 12 rings (SSSR count). The molecule has 4 fully saturated rings. The van der Waals surface area contributed by atoms with Gasteiger partial charge in [0, 0.05) is 23.7 Å². The highest BCUT2D eigenvalue weighted by Crippen LogP contribution is 2.55. The van der Waals surface area contributed by atoms with Crippen LogP contribution in [0, 0.1) is 92.7 Å². The Morgan fingerprint density at radius 1 is 0.355 bits per heavy atom. The first-order chi connectivity index (χ1) is 36.7. The largest absolute Gasteiger partial charge is 0.303 e. The maximum atomic E-state index is 11.3. The van der Waals surface area contributed by atoms with Gasteiger partial charge >= 0.3 is 0 Å². The van der Waals surface area contributed by atoms with Crippen molar-refractivity contribution < 1.29 is 19.2 Å². The Hall–Kier alpha value is -6.48. The van der Waals surface area contributed by atoms with Gasteiger partial charge in [0.05, 0.1) is 46.5 Å².